The van der Waals surface area contributed by atoms with E-state index < -0.39 is 0 Å². The molecular formula is C14H16ClN3. The van der Waals surface area contributed by atoms with Gasteiger partial charge in [0, 0.05) is 11.3 Å². The Morgan fingerprint density at radius 3 is 2.39 bits per heavy atom. The van der Waals surface area contributed by atoms with E-state index in [1.54, 1.807) is 0 Å². The van der Waals surface area contributed by atoms with Crippen LogP contribution >= 0.6 is 11.6 Å². The van der Waals surface area contributed by atoms with Gasteiger partial charge in [0.05, 0.1) is 0 Å². The Hall–Kier alpha value is -1.61. The molecule has 0 saturated heterocycles. The van der Waals surface area contributed by atoms with E-state index in [4.69, 9.17) is 11.6 Å². The third-order valence-electron chi connectivity index (χ3n) is 2.87. The minimum Gasteiger partial charge on any atom is -0.340 e. The van der Waals surface area contributed by atoms with E-state index in [1.807, 2.05) is 19.1 Å². The third kappa shape index (κ3) is 2.79. The second-order valence-corrected chi connectivity index (χ2v) is 4.38. The smallest absolute Gasteiger partial charge is 0.138 e. The summed E-state index contributed by atoms with van der Waals surface area (Å²) in [6.45, 7) is 4.18. The summed E-state index contributed by atoms with van der Waals surface area (Å²) in [7, 11) is 0. The number of anilines is 2. The van der Waals surface area contributed by atoms with Gasteiger partial charge < -0.3 is 5.32 Å². The van der Waals surface area contributed by atoms with Crippen molar-refractivity contribution in [2.24, 2.45) is 0 Å². The van der Waals surface area contributed by atoms with Gasteiger partial charge in [-0.25, -0.2) is 9.97 Å². The van der Waals surface area contributed by atoms with Crippen LogP contribution in [-0.2, 0) is 12.8 Å². The largest absolute Gasteiger partial charge is 0.340 e. The van der Waals surface area contributed by atoms with Crippen LogP contribution < -0.4 is 5.32 Å². The highest BCUT2D eigenvalue weighted by Gasteiger charge is 2.07. The fourth-order valence-electron chi connectivity index (χ4n) is 1.77. The first-order valence-corrected chi connectivity index (χ1v) is 6.47. The summed E-state index contributed by atoms with van der Waals surface area (Å²) in [5.41, 5.74) is 3.27. The molecule has 2 aromatic rings. The maximum Gasteiger partial charge on any atom is 0.138 e. The Labute approximate surface area is 112 Å². The van der Waals surface area contributed by atoms with Crippen molar-refractivity contribution >= 4 is 23.1 Å². The first-order valence-electron chi connectivity index (χ1n) is 6.10. The summed E-state index contributed by atoms with van der Waals surface area (Å²) >= 11 is 6.05. The van der Waals surface area contributed by atoms with E-state index in [9.17, 15) is 0 Å². The molecule has 1 aromatic carbocycles. The Morgan fingerprint density at radius 1 is 1.06 bits per heavy atom. The number of hydrogen-bond acceptors (Lipinski definition) is 3. The second kappa shape index (κ2) is 5.83. The number of aryl methyl sites for hydroxylation is 1. The quantitative estimate of drug-likeness (QED) is 0.846. The molecule has 0 radical (unpaired) electrons. The lowest BCUT2D eigenvalue weighted by molar-refractivity contribution is 1.05. The van der Waals surface area contributed by atoms with Crippen molar-refractivity contribution < 1.29 is 0 Å². The Morgan fingerprint density at radius 2 is 1.78 bits per heavy atom. The van der Waals surface area contributed by atoms with Crippen molar-refractivity contribution in [1.82, 2.24) is 9.97 Å². The highest BCUT2D eigenvalue weighted by atomic mass is 35.5. The molecule has 0 bridgehead atoms. The van der Waals surface area contributed by atoms with Crippen LogP contribution in [0.1, 0.15) is 25.0 Å². The van der Waals surface area contributed by atoms with Crippen molar-refractivity contribution in [3.05, 3.63) is 46.9 Å². The van der Waals surface area contributed by atoms with Crippen LogP contribution in [-0.4, -0.2) is 9.97 Å². The Kier molecular flexibility index (Phi) is 4.15. The summed E-state index contributed by atoms with van der Waals surface area (Å²) in [4.78, 5) is 8.24. The minimum absolute atomic E-state index is 0.514. The maximum absolute atomic E-state index is 6.05. The molecule has 4 heteroatoms. The molecule has 2 rings (SSSR count). The molecule has 0 aliphatic heterocycles. The van der Waals surface area contributed by atoms with Gasteiger partial charge in [0.1, 0.15) is 17.3 Å². The van der Waals surface area contributed by atoms with E-state index in [0.717, 1.165) is 29.9 Å². The SMILES string of the molecule is CCc1ccc(Nc2ncnc(Cl)c2CC)cc1. The van der Waals surface area contributed by atoms with Crippen molar-refractivity contribution in [2.45, 2.75) is 26.7 Å². The predicted molar refractivity (Wildman–Crippen MR) is 75.5 cm³/mol. The molecule has 0 aliphatic rings. The van der Waals surface area contributed by atoms with Crippen molar-refractivity contribution in [2.75, 3.05) is 5.32 Å². The summed E-state index contributed by atoms with van der Waals surface area (Å²) in [6, 6.07) is 8.32. The van der Waals surface area contributed by atoms with Crippen LogP contribution in [0, 0.1) is 0 Å². The molecule has 1 heterocycles. The molecule has 0 aliphatic carbocycles. The van der Waals surface area contributed by atoms with Gasteiger partial charge in [-0.1, -0.05) is 37.6 Å². The van der Waals surface area contributed by atoms with Crippen LogP contribution in [0.15, 0.2) is 30.6 Å². The number of rotatable bonds is 4. The molecule has 1 aromatic heterocycles. The number of hydrogen-bond donors (Lipinski definition) is 1. The molecule has 94 valence electrons. The fourth-order valence-corrected chi connectivity index (χ4v) is 2.04. The standard InChI is InChI=1S/C14H16ClN3/c1-3-10-5-7-11(8-6-10)18-14-12(4-2)13(15)16-9-17-14/h5-9H,3-4H2,1-2H3,(H,16,17,18). The van der Waals surface area contributed by atoms with E-state index in [2.05, 4.69) is 34.3 Å². The maximum atomic E-state index is 6.05. The molecule has 0 spiro atoms. The van der Waals surface area contributed by atoms with Crippen LogP contribution in [0.2, 0.25) is 5.15 Å². The molecule has 18 heavy (non-hydrogen) atoms. The van der Waals surface area contributed by atoms with Gasteiger partial charge in [0.25, 0.3) is 0 Å². The van der Waals surface area contributed by atoms with Crippen molar-refractivity contribution in [1.29, 1.82) is 0 Å². The molecule has 0 atom stereocenters. The van der Waals surface area contributed by atoms with Gasteiger partial charge in [-0.15, -0.1) is 0 Å². The molecule has 0 saturated carbocycles. The van der Waals surface area contributed by atoms with Crippen LogP contribution in [0.4, 0.5) is 11.5 Å². The Bertz CT molecular complexity index is 523. The number of aromatic nitrogens is 2. The summed E-state index contributed by atoms with van der Waals surface area (Å²) in [6.07, 6.45) is 3.32. The second-order valence-electron chi connectivity index (χ2n) is 4.02. The van der Waals surface area contributed by atoms with Gasteiger partial charge in [-0.2, -0.15) is 0 Å². The van der Waals surface area contributed by atoms with E-state index >= 15 is 0 Å². The van der Waals surface area contributed by atoms with Gasteiger partial charge >= 0.3 is 0 Å². The van der Waals surface area contributed by atoms with Crippen LogP contribution in [0.5, 0.6) is 0 Å². The first kappa shape index (κ1) is 12.8. The minimum atomic E-state index is 0.514. The highest BCUT2D eigenvalue weighted by molar-refractivity contribution is 6.30. The molecular weight excluding hydrogens is 246 g/mol. The van der Waals surface area contributed by atoms with E-state index in [1.165, 1.54) is 11.9 Å². The molecule has 3 nitrogen and oxygen atoms in total. The molecule has 0 fully saturated rings. The first-order chi connectivity index (χ1) is 8.74. The fraction of sp³-hybridized carbons (Fsp3) is 0.286. The summed E-state index contributed by atoms with van der Waals surface area (Å²) in [5.74, 6) is 0.779. The third-order valence-corrected chi connectivity index (χ3v) is 3.20. The summed E-state index contributed by atoms with van der Waals surface area (Å²) in [5, 5.41) is 3.79. The van der Waals surface area contributed by atoms with Crippen LogP contribution in [0.25, 0.3) is 0 Å². The molecule has 1 N–H and O–H groups in total. The number of nitrogens with zero attached hydrogens (tertiary/aromatic N) is 2. The molecule has 0 unspecified atom stereocenters. The lowest BCUT2D eigenvalue weighted by Gasteiger charge is -2.10. The predicted octanol–water partition coefficient (Wildman–Crippen LogP) is 4.00. The zero-order valence-corrected chi connectivity index (χ0v) is 11.3. The topological polar surface area (TPSA) is 37.8 Å². The Balaban J connectivity index is 2.25. The monoisotopic (exact) mass is 261 g/mol. The molecule has 0 amide bonds. The number of halogens is 1. The zero-order chi connectivity index (χ0) is 13.0. The lowest BCUT2D eigenvalue weighted by atomic mass is 10.1. The summed E-state index contributed by atoms with van der Waals surface area (Å²) < 4.78 is 0. The average molecular weight is 262 g/mol. The van der Waals surface area contributed by atoms with Crippen molar-refractivity contribution in [3.63, 3.8) is 0 Å². The average Bonchev–Trinajstić information content (AvgIpc) is 2.40. The van der Waals surface area contributed by atoms with Crippen molar-refractivity contribution in [3.8, 4) is 0 Å². The van der Waals surface area contributed by atoms with E-state index in [-0.39, 0.29) is 0 Å². The van der Waals surface area contributed by atoms with Gasteiger partial charge in [-0.3, -0.25) is 0 Å². The van der Waals surface area contributed by atoms with Gasteiger partial charge in [0.15, 0.2) is 0 Å². The van der Waals surface area contributed by atoms with Gasteiger partial charge in [0.2, 0.25) is 0 Å². The van der Waals surface area contributed by atoms with E-state index in [0.29, 0.717) is 5.15 Å². The zero-order valence-electron chi connectivity index (χ0n) is 10.6. The van der Waals surface area contributed by atoms with Crippen LogP contribution in [0.3, 0.4) is 0 Å². The normalized spacial score (nSPS) is 10.4. The number of benzene rings is 1. The highest BCUT2D eigenvalue weighted by Crippen LogP contribution is 2.23. The lowest BCUT2D eigenvalue weighted by Crippen LogP contribution is -2.00. The van der Waals surface area contributed by atoms with Gasteiger partial charge in [-0.05, 0) is 30.5 Å². The number of nitrogens with one attached hydrogen (secondary N) is 1.